The summed E-state index contributed by atoms with van der Waals surface area (Å²) in [4.78, 5) is 30.1. The lowest BCUT2D eigenvalue weighted by atomic mass is 9.92. The maximum atomic E-state index is 12.8. The topological polar surface area (TPSA) is 64.1 Å². The summed E-state index contributed by atoms with van der Waals surface area (Å²) in [6.45, 7) is 18.2. The molecule has 31 heavy (non-hydrogen) atoms. The highest BCUT2D eigenvalue weighted by atomic mass is 127. The highest BCUT2D eigenvalue weighted by molar-refractivity contribution is 14.0. The lowest BCUT2D eigenvalue weighted by Gasteiger charge is -2.39. The number of piperazine rings is 1. The Labute approximate surface area is 208 Å². The van der Waals surface area contributed by atoms with Crippen molar-refractivity contribution in [2.45, 2.75) is 47.6 Å². The van der Waals surface area contributed by atoms with E-state index in [4.69, 9.17) is 4.99 Å². The van der Waals surface area contributed by atoms with E-state index in [1.807, 2.05) is 6.92 Å². The molecular formula is C22H39IN6OS. The molecule has 2 unspecified atom stereocenters. The number of carbonyl (C=O) groups excluding carboxylic acids is 1. The number of aliphatic imine (C=N–C) groups is 1. The van der Waals surface area contributed by atoms with Crippen LogP contribution < -0.4 is 5.32 Å². The summed E-state index contributed by atoms with van der Waals surface area (Å²) in [5.74, 6) is 2.48. The van der Waals surface area contributed by atoms with Crippen LogP contribution in [0.1, 0.15) is 42.8 Å². The average Bonchev–Trinajstić information content (AvgIpc) is 3.02. The van der Waals surface area contributed by atoms with E-state index < -0.39 is 0 Å². The fourth-order valence-corrected chi connectivity index (χ4v) is 5.43. The molecule has 0 radical (unpaired) electrons. The average molecular weight is 563 g/mol. The number of piperidine rings is 1. The second kappa shape index (κ2) is 12.3. The molecule has 9 heteroatoms. The highest BCUT2D eigenvalue weighted by Gasteiger charge is 2.28. The van der Waals surface area contributed by atoms with Gasteiger partial charge in [-0.15, -0.1) is 35.3 Å². The minimum atomic E-state index is 0. The molecule has 3 heterocycles. The van der Waals surface area contributed by atoms with Crippen molar-refractivity contribution in [3.63, 3.8) is 0 Å². The van der Waals surface area contributed by atoms with Gasteiger partial charge in [-0.1, -0.05) is 13.8 Å². The van der Waals surface area contributed by atoms with Crippen LogP contribution in [0.3, 0.4) is 0 Å². The van der Waals surface area contributed by atoms with Crippen LogP contribution in [0.5, 0.6) is 0 Å². The number of nitrogens with one attached hydrogen (secondary N) is 1. The van der Waals surface area contributed by atoms with Crippen LogP contribution in [0.2, 0.25) is 0 Å². The quantitative estimate of drug-likeness (QED) is 0.340. The molecule has 0 spiro atoms. The minimum Gasteiger partial charge on any atom is -0.357 e. The Kier molecular flexibility index (Phi) is 10.5. The van der Waals surface area contributed by atoms with Gasteiger partial charge in [-0.2, -0.15) is 0 Å². The van der Waals surface area contributed by atoms with Gasteiger partial charge >= 0.3 is 0 Å². The minimum absolute atomic E-state index is 0. The standard InChI is InChI=1S/C22H38N6OS.HI/c1-6-23-22(24-12-20-18(4)25-19(5)30-20)27-9-7-26(8-10-27)15-21(29)28-13-16(2)11-17(3)14-28;/h16-17H,6-15H2,1-5H3,(H,23,24);1H. The van der Waals surface area contributed by atoms with E-state index in [-0.39, 0.29) is 24.0 Å². The fourth-order valence-electron chi connectivity index (χ4n) is 4.57. The van der Waals surface area contributed by atoms with Crippen LogP contribution >= 0.6 is 35.3 Å². The molecular weight excluding hydrogens is 523 g/mol. The molecule has 0 aliphatic carbocycles. The Morgan fingerprint density at radius 2 is 1.77 bits per heavy atom. The van der Waals surface area contributed by atoms with E-state index in [1.54, 1.807) is 11.3 Å². The van der Waals surface area contributed by atoms with E-state index in [9.17, 15) is 4.79 Å². The summed E-state index contributed by atoms with van der Waals surface area (Å²) in [5.41, 5.74) is 1.08. The third-order valence-corrected chi connectivity index (χ3v) is 7.02. The summed E-state index contributed by atoms with van der Waals surface area (Å²) in [6.07, 6.45) is 1.23. The van der Waals surface area contributed by atoms with Crippen LogP contribution in [0.25, 0.3) is 0 Å². The smallest absolute Gasteiger partial charge is 0.236 e. The van der Waals surface area contributed by atoms with Crippen LogP contribution in [-0.4, -0.2) is 83.9 Å². The molecule has 2 fully saturated rings. The number of hydrogen-bond acceptors (Lipinski definition) is 5. The van der Waals surface area contributed by atoms with Crippen molar-refractivity contribution >= 4 is 47.2 Å². The zero-order chi connectivity index (χ0) is 21.7. The number of amides is 1. The van der Waals surface area contributed by atoms with Crippen LogP contribution in [0.15, 0.2) is 4.99 Å². The summed E-state index contributed by atoms with van der Waals surface area (Å²) in [7, 11) is 0. The Hall–Kier alpha value is -0.940. The molecule has 1 aromatic heterocycles. The van der Waals surface area contributed by atoms with Gasteiger partial charge in [-0.25, -0.2) is 9.98 Å². The van der Waals surface area contributed by atoms with Crippen molar-refractivity contribution in [2.24, 2.45) is 16.8 Å². The molecule has 0 saturated carbocycles. The maximum Gasteiger partial charge on any atom is 0.236 e. The molecule has 176 valence electrons. The van der Waals surface area contributed by atoms with Crippen molar-refractivity contribution in [1.29, 1.82) is 0 Å². The zero-order valence-electron chi connectivity index (χ0n) is 19.7. The third kappa shape index (κ3) is 7.56. The van der Waals surface area contributed by atoms with Crippen LogP contribution in [0.4, 0.5) is 0 Å². The summed E-state index contributed by atoms with van der Waals surface area (Å²) in [5, 5.41) is 4.53. The van der Waals surface area contributed by atoms with E-state index in [2.05, 4.69) is 52.7 Å². The molecule has 0 bridgehead atoms. The van der Waals surface area contributed by atoms with E-state index in [0.717, 1.165) is 62.5 Å². The summed E-state index contributed by atoms with van der Waals surface area (Å²) >= 11 is 1.73. The number of likely N-dealkylation sites (tertiary alicyclic amines) is 1. The lowest BCUT2D eigenvalue weighted by molar-refractivity contribution is -0.135. The number of aryl methyl sites for hydroxylation is 2. The molecule has 2 saturated heterocycles. The van der Waals surface area contributed by atoms with Gasteiger partial charge in [0, 0.05) is 50.7 Å². The number of guanidine groups is 1. The SMILES string of the molecule is CCNC(=NCc1sc(C)nc1C)N1CCN(CC(=O)N2CC(C)CC(C)C2)CC1.I. The lowest BCUT2D eigenvalue weighted by Crippen LogP contribution is -2.55. The molecule has 1 N–H and O–H groups in total. The second-order valence-corrected chi connectivity index (χ2v) is 10.2. The van der Waals surface area contributed by atoms with Crippen molar-refractivity contribution in [3.05, 3.63) is 15.6 Å². The highest BCUT2D eigenvalue weighted by Crippen LogP contribution is 2.21. The Morgan fingerprint density at radius 1 is 1.13 bits per heavy atom. The Balaban J connectivity index is 0.00000341. The first-order chi connectivity index (χ1) is 14.4. The van der Waals surface area contributed by atoms with Crippen LogP contribution in [-0.2, 0) is 11.3 Å². The second-order valence-electron chi connectivity index (χ2n) is 8.92. The molecule has 2 atom stereocenters. The predicted molar refractivity (Wildman–Crippen MR) is 139 cm³/mol. The first kappa shape index (κ1) is 26.3. The maximum absolute atomic E-state index is 12.8. The first-order valence-electron chi connectivity index (χ1n) is 11.3. The van der Waals surface area contributed by atoms with E-state index >= 15 is 0 Å². The van der Waals surface area contributed by atoms with E-state index in [1.165, 1.54) is 11.3 Å². The van der Waals surface area contributed by atoms with Crippen molar-refractivity contribution in [2.75, 3.05) is 52.4 Å². The largest absolute Gasteiger partial charge is 0.357 e. The van der Waals surface area contributed by atoms with E-state index in [0.29, 0.717) is 30.8 Å². The number of aromatic nitrogens is 1. The number of carbonyl (C=O) groups is 1. The monoisotopic (exact) mass is 562 g/mol. The van der Waals surface area contributed by atoms with Gasteiger partial charge in [-0.05, 0) is 39.0 Å². The Morgan fingerprint density at radius 3 is 2.32 bits per heavy atom. The molecule has 3 rings (SSSR count). The molecule has 0 aromatic carbocycles. The number of nitrogens with zero attached hydrogens (tertiary/aromatic N) is 5. The summed E-state index contributed by atoms with van der Waals surface area (Å²) in [6, 6.07) is 0. The molecule has 1 amide bonds. The van der Waals surface area contributed by atoms with Crippen molar-refractivity contribution in [1.82, 2.24) is 25.0 Å². The number of halogens is 1. The van der Waals surface area contributed by atoms with Gasteiger partial charge in [0.2, 0.25) is 5.91 Å². The van der Waals surface area contributed by atoms with Gasteiger partial charge < -0.3 is 15.1 Å². The number of hydrogen-bond donors (Lipinski definition) is 1. The normalized spacial score (nSPS) is 22.9. The van der Waals surface area contributed by atoms with Gasteiger partial charge in [-0.3, -0.25) is 9.69 Å². The first-order valence-corrected chi connectivity index (χ1v) is 12.1. The third-order valence-electron chi connectivity index (χ3n) is 5.96. The van der Waals surface area contributed by atoms with Gasteiger partial charge in [0.25, 0.3) is 0 Å². The summed E-state index contributed by atoms with van der Waals surface area (Å²) < 4.78 is 0. The van der Waals surface area contributed by atoms with Gasteiger partial charge in [0.15, 0.2) is 5.96 Å². The van der Waals surface area contributed by atoms with Crippen molar-refractivity contribution < 1.29 is 4.79 Å². The molecule has 7 nitrogen and oxygen atoms in total. The fraction of sp³-hybridized carbons (Fsp3) is 0.773. The van der Waals surface area contributed by atoms with Crippen LogP contribution in [0, 0.1) is 25.7 Å². The van der Waals surface area contributed by atoms with Crippen molar-refractivity contribution in [3.8, 4) is 0 Å². The molecule has 1 aromatic rings. The number of thiazole rings is 1. The van der Waals surface area contributed by atoms with Gasteiger partial charge in [0.05, 0.1) is 23.8 Å². The predicted octanol–water partition coefficient (Wildman–Crippen LogP) is 2.97. The Bertz CT molecular complexity index is 736. The molecule has 2 aliphatic rings. The van der Waals surface area contributed by atoms with Gasteiger partial charge in [0.1, 0.15) is 0 Å². The molecule has 2 aliphatic heterocycles. The zero-order valence-corrected chi connectivity index (χ0v) is 22.8. The number of rotatable bonds is 5.